The maximum atomic E-state index is 10.5. The van der Waals surface area contributed by atoms with Crippen molar-refractivity contribution in [3.05, 3.63) is 71.8 Å². The average Bonchev–Trinajstić information content (AvgIpc) is 2.52. The molecule has 2 aromatic carbocycles. The smallest absolute Gasteiger partial charge is 0.0873 e. The van der Waals surface area contributed by atoms with Gasteiger partial charge >= 0.3 is 0 Å². The van der Waals surface area contributed by atoms with Crippen molar-refractivity contribution >= 4 is 0 Å². The highest BCUT2D eigenvalue weighted by Crippen LogP contribution is 2.40. The summed E-state index contributed by atoms with van der Waals surface area (Å²) in [6, 6.07) is 20.0. The largest absolute Gasteiger partial charge is 0.390 e. The van der Waals surface area contributed by atoms with Crippen LogP contribution in [0.25, 0.3) is 0 Å². The van der Waals surface area contributed by atoms with Gasteiger partial charge in [-0.05, 0) is 24.0 Å². The molecule has 0 spiro atoms. The molecule has 0 saturated heterocycles. The van der Waals surface area contributed by atoms with E-state index in [0.29, 0.717) is 0 Å². The quantitative estimate of drug-likeness (QED) is 0.878. The maximum Gasteiger partial charge on any atom is 0.0873 e. The van der Waals surface area contributed by atoms with E-state index in [1.54, 1.807) is 0 Å². The number of hydrogen-bond acceptors (Lipinski definition) is 2. The Morgan fingerprint density at radius 2 is 0.950 bits per heavy atom. The summed E-state index contributed by atoms with van der Waals surface area (Å²) in [7, 11) is 0. The molecule has 104 valence electrons. The van der Waals surface area contributed by atoms with E-state index >= 15 is 0 Å². The lowest BCUT2D eigenvalue weighted by Crippen LogP contribution is -2.41. The van der Waals surface area contributed by atoms with Gasteiger partial charge in [-0.2, -0.15) is 0 Å². The van der Waals surface area contributed by atoms with E-state index in [-0.39, 0.29) is 11.8 Å². The Hall–Kier alpha value is -1.64. The van der Waals surface area contributed by atoms with Crippen LogP contribution in [-0.4, -0.2) is 22.4 Å². The van der Waals surface area contributed by atoms with Gasteiger partial charge < -0.3 is 10.2 Å². The third-order valence-electron chi connectivity index (χ3n) is 4.42. The lowest BCUT2D eigenvalue weighted by molar-refractivity contribution is -0.0361. The number of aliphatic hydroxyl groups excluding tert-OH is 2. The summed E-state index contributed by atoms with van der Waals surface area (Å²) in [5, 5.41) is 20.9. The minimum absolute atomic E-state index is 0.0335. The highest BCUT2D eigenvalue weighted by atomic mass is 16.3. The van der Waals surface area contributed by atoms with Gasteiger partial charge in [0.15, 0.2) is 0 Å². The molecule has 0 heterocycles. The number of aliphatic hydroxyl groups is 2. The fourth-order valence-electron chi connectivity index (χ4n) is 3.30. The first-order chi connectivity index (χ1) is 9.77. The molecular formula is C18H20O2. The molecule has 0 radical (unpaired) electrons. The third-order valence-corrected chi connectivity index (χ3v) is 4.42. The molecule has 4 atom stereocenters. The monoisotopic (exact) mass is 268 g/mol. The molecule has 1 fully saturated rings. The number of benzene rings is 2. The van der Waals surface area contributed by atoms with E-state index in [1.165, 1.54) is 0 Å². The van der Waals surface area contributed by atoms with E-state index in [2.05, 4.69) is 0 Å². The molecular weight excluding hydrogens is 248 g/mol. The van der Waals surface area contributed by atoms with Gasteiger partial charge in [-0.15, -0.1) is 0 Å². The Morgan fingerprint density at radius 3 is 1.30 bits per heavy atom. The molecule has 0 aromatic heterocycles. The standard InChI is InChI=1S/C18H20O2/c19-17-15(13-7-3-1-4-8-13)11-12-16(18(17)20)14-9-5-2-6-10-14/h1-10,15-20H,11-12H2/t15-,16+,17-,18-/m1/s1. The van der Waals surface area contributed by atoms with Crippen LogP contribution in [0.4, 0.5) is 0 Å². The fourth-order valence-corrected chi connectivity index (χ4v) is 3.30. The van der Waals surface area contributed by atoms with Gasteiger partial charge in [0.1, 0.15) is 0 Å². The molecule has 1 aliphatic rings. The van der Waals surface area contributed by atoms with E-state index in [0.717, 1.165) is 24.0 Å². The normalized spacial score (nSPS) is 30.1. The van der Waals surface area contributed by atoms with E-state index in [9.17, 15) is 10.2 Å². The van der Waals surface area contributed by atoms with Crippen LogP contribution < -0.4 is 0 Å². The summed E-state index contributed by atoms with van der Waals surface area (Å²) in [4.78, 5) is 0. The molecule has 1 aliphatic carbocycles. The van der Waals surface area contributed by atoms with Crippen LogP contribution in [0.3, 0.4) is 0 Å². The average molecular weight is 268 g/mol. The van der Waals surface area contributed by atoms with Crippen LogP contribution in [0.1, 0.15) is 35.8 Å². The summed E-state index contributed by atoms with van der Waals surface area (Å²) in [5.41, 5.74) is 2.23. The highest BCUT2D eigenvalue weighted by Gasteiger charge is 2.38. The van der Waals surface area contributed by atoms with Crippen LogP contribution in [-0.2, 0) is 0 Å². The van der Waals surface area contributed by atoms with Gasteiger partial charge in [0.05, 0.1) is 12.2 Å². The Morgan fingerprint density at radius 1 is 0.600 bits per heavy atom. The first kappa shape index (κ1) is 13.3. The van der Waals surface area contributed by atoms with Crippen molar-refractivity contribution in [2.75, 3.05) is 0 Å². The minimum atomic E-state index is -0.698. The Bertz CT molecular complexity index is 486. The van der Waals surface area contributed by atoms with Gasteiger partial charge in [-0.3, -0.25) is 0 Å². The van der Waals surface area contributed by atoms with E-state index in [4.69, 9.17) is 0 Å². The number of rotatable bonds is 2. The van der Waals surface area contributed by atoms with Crippen LogP contribution in [0.15, 0.2) is 60.7 Å². The molecule has 2 N–H and O–H groups in total. The van der Waals surface area contributed by atoms with Crippen molar-refractivity contribution in [2.24, 2.45) is 0 Å². The zero-order valence-electron chi connectivity index (χ0n) is 11.4. The van der Waals surface area contributed by atoms with Crippen LogP contribution >= 0.6 is 0 Å². The summed E-state index contributed by atoms with van der Waals surface area (Å²) < 4.78 is 0. The molecule has 0 amide bonds. The van der Waals surface area contributed by atoms with Gasteiger partial charge in [-0.25, -0.2) is 0 Å². The van der Waals surface area contributed by atoms with Crippen LogP contribution in [0.2, 0.25) is 0 Å². The molecule has 0 aliphatic heterocycles. The SMILES string of the molecule is O[C@H]1[C@H](O)[C@H](c2ccccc2)CC[C@@H]1c1ccccc1. The van der Waals surface area contributed by atoms with Crippen molar-refractivity contribution in [1.29, 1.82) is 0 Å². The molecule has 0 bridgehead atoms. The third kappa shape index (κ3) is 2.49. The van der Waals surface area contributed by atoms with Crippen molar-refractivity contribution in [2.45, 2.75) is 36.9 Å². The van der Waals surface area contributed by atoms with Gasteiger partial charge in [0.2, 0.25) is 0 Å². The molecule has 0 unspecified atom stereocenters. The second kappa shape index (κ2) is 5.78. The van der Waals surface area contributed by atoms with Crippen LogP contribution in [0.5, 0.6) is 0 Å². The Balaban J connectivity index is 1.81. The summed E-state index contributed by atoms with van der Waals surface area (Å²) >= 11 is 0. The molecule has 2 aromatic rings. The number of hydrogen-bond donors (Lipinski definition) is 2. The molecule has 1 saturated carbocycles. The van der Waals surface area contributed by atoms with Crippen molar-refractivity contribution < 1.29 is 10.2 Å². The summed E-state index contributed by atoms with van der Waals surface area (Å²) in [5.74, 6) is 0.0670. The zero-order valence-corrected chi connectivity index (χ0v) is 11.4. The lowest BCUT2D eigenvalue weighted by atomic mass is 9.72. The van der Waals surface area contributed by atoms with E-state index < -0.39 is 12.2 Å². The summed E-state index contributed by atoms with van der Waals surface area (Å²) in [6.07, 6.45) is 0.413. The van der Waals surface area contributed by atoms with Crippen LogP contribution in [0, 0.1) is 0 Å². The van der Waals surface area contributed by atoms with Gasteiger partial charge in [0.25, 0.3) is 0 Å². The molecule has 2 nitrogen and oxygen atoms in total. The highest BCUT2D eigenvalue weighted by molar-refractivity contribution is 5.27. The molecule has 2 heteroatoms. The topological polar surface area (TPSA) is 40.5 Å². The predicted octanol–water partition coefficient (Wildman–Crippen LogP) is 3.07. The molecule has 20 heavy (non-hydrogen) atoms. The molecule has 3 rings (SSSR count). The van der Waals surface area contributed by atoms with E-state index in [1.807, 2.05) is 60.7 Å². The predicted molar refractivity (Wildman–Crippen MR) is 79.6 cm³/mol. The summed E-state index contributed by atoms with van der Waals surface area (Å²) in [6.45, 7) is 0. The second-order valence-electron chi connectivity index (χ2n) is 5.59. The first-order valence-electron chi connectivity index (χ1n) is 7.23. The first-order valence-corrected chi connectivity index (χ1v) is 7.23. The maximum absolute atomic E-state index is 10.5. The Labute approximate surface area is 119 Å². The lowest BCUT2D eigenvalue weighted by Gasteiger charge is -2.38. The van der Waals surface area contributed by atoms with Gasteiger partial charge in [0, 0.05) is 11.8 Å². The van der Waals surface area contributed by atoms with Crippen molar-refractivity contribution in [1.82, 2.24) is 0 Å². The minimum Gasteiger partial charge on any atom is -0.390 e. The van der Waals surface area contributed by atoms with Crippen molar-refractivity contribution in [3.63, 3.8) is 0 Å². The van der Waals surface area contributed by atoms with Gasteiger partial charge in [-0.1, -0.05) is 60.7 Å². The second-order valence-corrected chi connectivity index (χ2v) is 5.59. The fraction of sp³-hybridized carbons (Fsp3) is 0.333. The zero-order chi connectivity index (χ0) is 13.9. The van der Waals surface area contributed by atoms with Crippen molar-refractivity contribution in [3.8, 4) is 0 Å². The Kier molecular flexibility index (Phi) is 3.86.